The van der Waals surface area contributed by atoms with E-state index < -0.39 is 0 Å². The quantitative estimate of drug-likeness (QED) is 0.304. The molecule has 1 aliphatic heterocycles. The Morgan fingerprint density at radius 1 is 0.741 bits per heavy atom. The highest BCUT2D eigenvalue weighted by molar-refractivity contribution is 14.1. The van der Waals surface area contributed by atoms with Gasteiger partial charge in [-0.15, -0.1) is 5.92 Å². The number of aliphatic hydroxyl groups is 3. The number of alkyl halides is 1. The molecule has 0 saturated carbocycles. The van der Waals surface area contributed by atoms with Gasteiger partial charge in [-0.3, -0.25) is 0 Å². The lowest BCUT2D eigenvalue weighted by molar-refractivity contribution is 0.198. The summed E-state index contributed by atoms with van der Waals surface area (Å²) in [5.41, 5.74) is 0. The Hall–Kier alpha value is -0.830. The van der Waals surface area contributed by atoms with E-state index in [9.17, 15) is 0 Å². The van der Waals surface area contributed by atoms with Crippen LogP contribution >= 0.6 is 22.6 Å². The number of halogens is 1. The molecule has 1 heterocycles. The summed E-state index contributed by atoms with van der Waals surface area (Å²) < 4.78 is 14.2. The molecule has 0 aliphatic carbocycles. The van der Waals surface area contributed by atoms with Crippen molar-refractivity contribution in [2.75, 3.05) is 65.4 Å². The van der Waals surface area contributed by atoms with Gasteiger partial charge in [-0.05, 0) is 17.8 Å². The van der Waals surface area contributed by atoms with Crippen molar-refractivity contribution in [1.29, 1.82) is 0 Å². The van der Waals surface area contributed by atoms with Gasteiger partial charge in [-0.2, -0.15) is 0 Å². The molecule has 27 heavy (non-hydrogen) atoms. The molecule has 1 aliphatic rings. The molecule has 1 saturated heterocycles. The maximum absolute atomic E-state index is 8.06. The van der Waals surface area contributed by atoms with E-state index >= 15 is 0 Å². The van der Waals surface area contributed by atoms with Crippen molar-refractivity contribution in [3.8, 4) is 35.5 Å². The van der Waals surface area contributed by atoms with Gasteiger partial charge >= 0.3 is 0 Å². The number of hydrogen-bond acceptors (Lipinski definition) is 6. The van der Waals surface area contributed by atoms with Gasteiger partial charge in [0, 0.05) is 33.9 Å². The van der Waals surface area contributed by atoms with Crippen molar-refractivity contribution < 1.29 is 29.5 Å². The van der Waals surface area contributed by atoms with Crippen LogP contribution in [0.2, 0.25) is 0 Å². The molecule has 0 aromatic heterocycles. The largest absolute Gasteiger partial charge is 0.384 e. The Balaban J connectivity index is -0.000000127. The standard InChI is InChI=1S/C6H10O.C5H8O2.C4H6O2.C4H8O.CH3I/c1-3-4-5-6-7-2;1-7-5-3-2-4-6;5-3-1-2-4-6;1-2-4-5-3-1;1-2/h3,6H2,1-2H3;6H,4-5H2,1H3;5-6H,3-4H2;1-4H2;1H3. The van der Waals surface area contributed by atoms with Gasteiger partial charge in [0.1, 0.15) is 33.0 Å². The van der Waals surface area contributed by atoms with Crippen LogP contribution in [0.25, 0.3) is 0 Å². The molecule has 0 aromatic carbocycles. The molecular formula is C20H35IO6. The molecule has 3 N–H and O–H groups in total. The number of ether oxygens (including phenoxy) is 3. The first kappa shape index (κ1) is 33.7. The molecular weight excluding hydrogens is 463 g/mol. The SMILES string of the molecule is C1CCOC1.CCC#CCOC.CI.COCC#CCO.OCC#CCO. The first-order chi connectivity index (χ1) is 13.2. The third kappa shape index (κ3) is 58.7. The predicted molar refractivity (Wildman–Crippen MR) is 119 cm³/mol. The van der Waals surface area contributed by atoms with Gasteiger partial charge in [0.2, 0.25) is 0 Å². The zero-order valence-electron chi connectivity index (χ0n) is 17.0. The summed E-state index contributed by atoms with van der Waals surface area (Å²) in [5.74, 6) is 15.2. The minimum absolute atomic E-state index is 0.0800. The molecule has 0 aromatic rings. The zero-order chi connectivity index (χ0) is 21.4. The van der Waals surface area contributed by atoms with E-state index in [0.29, 0.717) is 13.2 Å². The number of hydrogen-bond donors (Lipinski definition) is 3. The van der Waals surface area contributed by atoms with Crippen molar-refractivity contribution in [2.24, 2.45) is 0 Å². The van der Waals surface area contributed by atoms with E-state index in [4.69, 9.17) is 20.1 Å². The van der Waals surface area contributed by atoms with Gasteiger partial charge < -0.3 is 29.5 Å². The summed E-state index contributed by atoms with van der Waals surface area (Å²) >= 11 is 2.15. The monoisotopic (exact) mass is 498 g/mol. The van der Waals surface area contributed by atoms with Crippen LogP contribution in [0.15, 0.2) is 0 Å². The van der Waals surface area contributed by atoms with Gasteiger partial charge in [-0.25, -0.2) is 0 Å². The number of methoxy groups -OCH3 is 2. The van der Waals surface area contributed by atoms with Crippen LogP contribution in [0, 0.1) is 35.5 Å². The van der Waals surface area contributed by atoms with E-state index in [2.05, 4.69) is 67.6 Å². The Bertz CT molecular complexity index is 366. The maximum atomic E-state index is 8.06. The van der Waals surface area contributed by atoms with Crippen LogP contribution in [0.5, 0.6) is 0 Å². The smallest absolute Gasteiger partial charge is 0.107 e. The lowest BCUT2D eigenvalue weighted by Crippen LogP contribution is -1.81. The van der Waals surface area contributed by atoms with Crippen LogP contribution in [0.4, 0.5) is 0 Å². The van der Waals surface area contributed by atoms with Crippen LogP contribution in [-0.2, 0) is 14.2 Å². The van der Waals surface area contributed by atoms with Crippen molar-refractivity contribution >= 4 is 22.6 Å². The van der Waals surface area contributed by atoms with Gasteiger partial charge in [0.25, 0.3) is 0 Å². The summed E-state index contributed by atoms with van der Waals surface area (Å²) in [5, 5.41) is 23.9. The highest BCUT2D eigenvalue weighted by atomic mass is 127. The van der Waals surface area contributed by atoms with E-state index in [-0.39, 0.29) is 19.8 Å². The first-order valence-corrected chi connectivity index (χ1v) is 10.5. The molecule has 1 rings (SSSR count). The average Bonchev–Trinajstić information content (AvgIpc) is 3.30. The van der Waals surface area contributed by atoms with E-state index in [1.807, 2.05) is 11.9 Å². The minimum atomic E-state index is -0.166. The predicted octanol–water partition coefficient (Wildman–Crippen LogP) is 1.50. The zero-order valence-corrected chi connectivity index (χ0v) is 19.2. The average molecular weight is 498 g/mol. The minimum Gasteiger partial charge on any atom is -0.384 e. The third-order valence-corrected chi connectivity index (χ3v) is 2.05. The van der Waals surface area contributed by atoms with Crippen molar-refractivity contribution in [3.63, 3.8) is 0 Å². The third-order valence-electron chi connectivity index (χ3n) is 2.05. The number of aliphatic hydroxyl groups excluding tert-OH is 3. The fourth-order valence-electron chi connectivity index (χ4n) is 1.05. The summed E-state index contributed by atoms with van der Waals surface area (Å²) in [4.78, 5) is 1.97. The second kappa shape index (κ2) is 44.5. The van der Waals surface area contributed by atoms with E-state index in [0.717, 1.165) is 19.6 Å². The molecule has 0 radical (unpaired) electrons. The summed E-state index contributed by atoms with van der Waals surface area (Å²) in [6, 6.07) is 0. The summed E-state index contributed by atoms with van der Waals surface area (Å²) in [6.07, 6.45) is 3.48. The molecule has 0 bridgehead atoms. The fourth-order valence-corrected chi connectivity index (χ4v) is 1.05. The second-order valence-corrected chi connectivity index (χ2v) is 4.07. The van der Waals surface area contributed by atoms with E-state index in [1.54, 1.807) is 14.2 Å². The van der Waals surface area contributed by atoms with Crippen LogP contribution < -0.4 is 0 Å². The molecule has 0 unspecified atom stereocenters. The lowest BCUT2D eigenvalue weighted by Gasteiger charge is -1.79. The molecule has 6 nitrogen and oxygen atoms in total. The van der Waals surface area contributed by atoms with Gasteiger partial charge in [0.15, 0.2) is 0 Å². The second-order valence-electron chi connectivity index (χ2n) is 4.07. The highest BCUT2D eigenvalue weighted by Crippen LogP contribution is 1.98. The molecule has 1 fully saturated rings. The molecule has 0 amide bonds. The van der Waals surface area contributed by atoms with Crippen LogP contribution in [-0.4, -0.2) is 80.7 Å². The first-order valence-electron chi connectivity index (χ1n) is 8.38. The Morgan fingerprint density at radius 2 is 1.11 bits per heavy atom. The highest BCUT2D eigenvalue weighted by Gasteiger charge is 1.94. The Morgan fingerprint density at radius 3 is 1.37 bits per heavy atom. The van der Waals surface area contributed by atoms with Crippen molar-refractivity contribution in [2.45, 2.75) is 26.2 Å². The molecule has 7 heteroatoms. The normalized spacial score (nSPS) is 9.78. The fraction of sp³-hybridized carbons (Fsp3) is 0.700. The Labute approximate surface area is 179 Å². The van der Waals surface area contributed by atoms with Gasteiger partial charge in [0.05, 0.1) is 0 Å². The van der Waals surface area contributed by atoms with Crippen molar-refractivity contribution in [1.82, 2.24) is 0 Å². The topological polar surface area (TPSA) is 88.4 Å². The summed E-state index contributed by atoms with van der Waals surface area (Å²) in [6.45, 7) is 4.57. The maximum Gasteiger partial charge on any atom is 0.107 e. The number of rotatable bonds is 2. The van der Waals surface area contributed by atoms with Crippen LogP contribution in [0.3, 0.4) is 0 Å². The van der Waals surface area contributed by atoms with Crippen molar-refractivity contribution in [3.05, 3.63) is 0 Å². The van der Waals surface area contributed by atoms with E-state index in [1.165, 1.54) is 12.8 Å². The molecule has 158 valence electrons. The van der Waals surface area contributed by atoms with Gasteiger partial charge in [-0.1, -0.05) is 59.1 Å². The lowest BCUT2D eigenvalue weighted by atomic mass is 10.4. The summed E-state index contributed by atoms with van der Waals surface area (Å²) in [7, 11) is 3.20. The Kier molecular flexibility index (Phi) is 55.6. The van der Waals surface area contributed by atoms with Crippen LogP contribution in [0.1, 0.15) is 26.2 Å². The molecule has 0 spiro atoms. The molecule has 0 atom stereocenters.